The average molecular weight is 403 g/mol. The van der Waals surface area contributed by atoms with Crippen LogP contribution in [-0.4, -0.2) is 35.5 Å². The van der Waals surface area contributed by atoms with Gasteiger partial charge in [0.05, 0.1) is 12.1 Å². The van der Waals surface area contributed by atoms with Crippen molar-refractivity contribution in [2.45, 2.75) is 18.9 Å². The number of hydrogen-bond donors (Lipinski definition) is 3. The van der Waals surface area contributed by atoms with Gasteiger partial charge in [0.15, 0.2) is 0 Å². The number of aromatic hydroxyl groups is 1. The summed E-state index contributed by atoms with van der Waals surface area (Å²) >= 11 is 0. The molecule has 1 aliphatic rings. The summed E-state index contributed by atoms with van der Waals surface area (Å²) in [6.45, 7) is 0.394. The fourth-order valence-electron chi connectivity index (χ4n) is 3.57. The summed E-state index contributed by atoms with van der Waals surface area (Å²) in [4.78, 5) is 38.7. The zero-order valence-corrected chi connectivity index (χ0v) is 16.2. The molecule has 7 heteroatoms. The average Bonchev–Trinajstić information content (AvgIpc) is 3.02. The molecule has 0 saturated carbocycles. The minimum atomic E-state index is -0.898. The molecule has 1 heterocycles. The summed E-state index contributed by atoms with van der Waals surface area (Å²) in [7, 11) is 0. The number of phenols is 1. The number of fused-ring (bicyclic) bond motifs is 1. The van der Waals surface area contributed by atoms with E-state index in [1.165, 1.54) is 0 Å². The molecule has 1 atom stereocenters. The van der Waals surface area contributed by atoms with Crippen molar-refractivity contribution in [2.75, 3.05) is 11.4 Å². The van der Waals surface area contributed by atoms with Crippen LogP contribution in [-0.2, 0) is 16.0 Å². The van der Waals surface area contributed by atoms with Crippen molar-refractivity contribution < 1.29 is 19.5 Å². The van der Waals surface area contributed by atoms with Crippen LogP contribution in [0.1, 0.15) is 12.0 Å². The first-order valence-electron chi connectivity index (χ1n) is 9.70. The highest BCUT2D eigenvalue weighted by molar-refractivity contribution is 6.24. The molecule has 0 bridgehead atoms. The summed E-state index contributed by atoms with van der Waals surface area (Å²) in [5, 5.41) is 16.4. The van der Waals surface area contributed by atoms with E-state index < -0.39 is 18.0 Å². The monoisotopic (exact) mass is 403 g/mol. The summed E-state index contributed by atoms with van der Waals surface area (Å²) in [6.07, 6.45) is 0.473. The van der Waals surface area contributed by atoms with Crippen LogP contribution in [0, 0.1) is 0 Å². The molecule has 0 spiro atoms. The summed E-state index contributed by atoms with van der Waals surface area (Å²) in [6, 6.07) is 18.3. The van der Waals surface area contributed by atoms with Gasteiger partial charge in [0.2, 0.25) is 5.91 Å². The summed E-state index contributed by atoms with van der Waals surface area (Å²) < 4.78 is 0. The number of amides is 4. The third kappa shape index (κ3) is 3.96. The summed E-state index contributed by atoms with van der Waals surface area (Å²) in [5.74, 6) is -0.564. The SMILES string of the molecule is O=C(C[C@@H]1NC(=O)N(c2cccc3ccccc23)C1=O)NCCc1ccc(O)cc1. The largest absolute Gasteiger partial charge is 0.508 e. The van der Waals surface area contributed by atoms with Crippen LogP contribution in [0.4, 0.5) is 10.5 Å². The van der Waals surface area contributed by atoms with Crippen LogP contribution in [0.2, 0.25) is 0 Å². The molecule has 1 aliphatic heterocycles. The van der Waals surface area contributed by atoms with Gasteiger partial charge < -0.3 is 15.7 Å². The molecule has 3 N–H and O–H groups in total. The van der Waals surface area contributed by atoms with Crippen molar-refractivity contribution in [1.29, 1.82) is 0 Å². The van der Waals surface area contributed by atoms with Crippen LogP contribution in [0.5, 0.6) is 5.75 Å². The van der Waals surface area contributed by atoms with Gasteiger partial charge in [-0.1, -0.05) is 48.5 Å². The lowest BCUT2D eigenvalue weighted by Gasteiger charge is -2.15. The Balaban J connectivity index is 1.39. The first-order valence-corrected chi connectivity index (χ1v) is 9.70. The Labute approximate surface area is 173 Å². The molecule has 1 fully saturated rings. The van der Waals surface area contributed by atoms with Gasteiger partial charge in [-0.15, -0.1) is 0 Å². The number of nitrogens with one attached hydrogen (secondary N) is 2. The number of hydrogen-bond acceptors (Lipinski definition) is 4. The smallest absolute Gasteiger partial charge is 0.329 e. The third-order valence-electron chi connectivity index (χ3n) is 5.09. The van der Waals surface area contributed by atoms with Gasteiger partial charge in [0.25, 0.3) is 5.91 Å². The zero-order valence-electron chi connectivity index (χ0n) is 16.2. The highest BCUT2D eigenvalue weighted by Gasteiger charge is 2.40. The Morgan fingerprint density at radius 2 is 1.73 bits per heavy atom. The van der Waals surface area contributed by atoms with E-state index in [2.05, 4.69) is 10.6 Å². The van der Waals surface area contributed by atoms with Crippen molar-refractivity contribution in [3.63, 3.8) is 0 Å². The number of nitrogens with zero attached hydrogens (tertiary/aromatic N) is 1. The van der Waals surface area contributed by atoms with E-state index in [-0.39, 0.29) is 18.1 Å². The van der Waals surface area contributed by atoms with E-state index in [4.69, 9.17) is 0 Å². The van der Waals surface area contributed by atoms with E-state index in [9.17, 15) is 19.5 Å². The fraction of sp³-hybridized carbons (Fsp3) is 0.174. The summed E-state index contributed by atoms with van der Waals surface area (Å²) in [5.41, 5.74) is 1.48. The van der Waals surface area contributed by atoms with Gasteiger partial charge in [-0.05, 0) is 35.6 Å². The number of carbonyl (C=O) groups is 3. The van der Waals surface area contributed by atoms with Crippen molar-refractivity contribution in [2.24, 2.45) is 0 Å². The topological polar surface area (TPSA) is 98.7 Å². The molecule has 152 valence electrons. The predicted molar refractivity (Wildman–Crippen MR) is 113 cm³/mol. The number of carbonyl (C=O) groups excluding carboxylic acids is 3. The number of benzene rings is 3. The van der Waals surface area contributed by atoms with Crippen LogP contribution in [0.15, 0.2) is 66.7 Å². The minimum absolute atomic E-state index is 0.124. The molecule has 3 aromatic carbocycles. The maximum Gasteiger partial charge on any atom is 0.329 e. The highest BCUT2D eigenvalue weighted by atomic mass is 16.3. The first-order chi connectivity index (χ1) is 14.5. The van der Waals surface area contributed by atoms with Gasteiger partial charge >= 0.3 is 6.03 Å². The highest BCUT2D eigenvalue weighted by Crippen LogP contribution is 2.29. The van der Waals surface area contributed by atoms with E-state index >= 15 is 0 Å². The number of rotatable bonds is 6. The van der Waals surface area contributed by atoms with Gasteiger partial charge in [-0.3, -0.25) is 9.59 Å². The third-order valence-corrected chi connectivity index (χ3v) is 5.09. The first kappa shape index (κ1) is 19.4. The molecule has 0 aromatic heterocycles. The number of urea groups is 1. The maximum absolute atomic E-state index is 12.9. The molecule has 4 amide bonds. The van der Waals surface area contributed by atoms with Crippen molar-refractivity contribution in [3.05, 3.63) is 72.3 Å². The second-order valence-corrected chi connectivity index (χ2v) is 7.14. The van der Waals surface area contributed by atoms with Crippen molar-refractivity contribution >= 4 is 34.3 Å². The Bertz CT molecular complexity index is 1110. The maximum atomic E-state index is 12.9. The molecule has 0 radical (unpaired) electrons. The van der Waals surface area contributed by atoms with Crippen LogP contribution in [0.3, 0.4) is 0 Å². The molecule has 1 saturated heterocycles. The van der Waals surface area contributed by atoms with Crippen LogP contribution >= 0.6 is 0 Å². The quantitative estimate of drug-likeness (QED) is 0.551. The zero-order chi connectivity index (χ0) is 21.1. The lowest BCUT2D eigenvalue weighted by atomic mass is 10.1. The standard InChI is InChI=1S/C23H21N3O4/c27-17-10-8-15(9-11-17)12-13-24-21(28)14-19-22(29)26(23(30)25-19)20-7-3-5-16-4-1-2-6-18(16)20/h1-11,19,27H,12-14H2,(H,24,28)(H,25,30)/t19-/m0/s1. The molecule has 0 unspecified atom stereocenters. The predicted octanol–water partition coefficient (Wildman–Crippen LogP) is 2.72. The minimum Gasteiger partial charge on any atom is -0.508 e. The number of imide groups is 1. The second kappa shape index (κ2) is 8.24. The normalized spacial score (nSPS) is 16.0. The van der Waals surface area contributed by atoms with Gasteiger partial charge in [0.1, 0.15) is 11.8 Å². The molecular weight excluding hydrogens is 382 g/mol. The van der Waals surface area contributed by atoms with E-state index in [1.54, 1.807) is 36.4 Å². The Kier molecular flexibility index (Phi) is 5.34. The Morgan fingerprint density at radius 1 is 1.00 bits per heavy atom. The van der Waals surface area contributed by atoms with Crippen molar-refractivity contribution in [3.8, 4) is 5.75 Å². The number of phenolic OH excluding ortho intramolecular Hbond substituents is 1. The number of anilines is 1. The molecular formula is C23H21N3O4. The van der Waals surface area contributed by atoms with Gasteiger partial charge in [0, 0.05) is 11.9 Å². The molecule has 7 nitrogen and oxygen atoms in total. The lowest BCUT2D eigenvalue weighted by Crippen LogP contribution is -2.37. The fourth-order valence-corrected chi connectivity index (χ4v) is 3.57. The Morgan fingerprint density at radius 3 is 2.53 bits per heavy atom. The Hall–Kier alpha value is -3.87. The second-order valence-electron chi connectivity index (χ2n) is 7.14. The van der Waals surface area contributed by atoms with Crippen molar-refractivity contribution in [1.82, 2.24) is 10.6 Å². The van der Waals surface area contributed by atoms with E-state index in [1.807, 2.05) is 30.3 Å². The molecule has 3 aromatic rings. The van der Waals surface area contributed by atoms with Gasteiger partial charge in [-0.25, -0.2) is 9.69 Å². The van der Waals surface area contributed by atoms with Crippen LogP contribution < -0.4 is 15.5 Å². The van der Waals surface area contributed by atoms with Gasteiger partial charge in [-0.2, -0.15) is 0 Å². The van der Waals surface area contributed by atoms with E-state index in [0.717, 1.165) is 21.2 Å². The molecule has 0 aliphatic carbocycles. The molecule has 30 heavy (non-hydrogen) atoms. The lowest BCUT2D eigenvalue weighted by molar-refractivity contribution is -0.125. The van der Waals surface area contributed by atoms with E-state index in [0.29, 0.717) is 18.7 Å². The molecule has 4 rings (SSSR count). The van der Waals surface area contributed by atoms with Crippen LogP contribution in [0.25, 0.3) is 10.8 Å².